The fourth-order valence-corrected chi connectivity index (χ4v) is 4.79. The van der Waals surface area contributed by atoms with E-state index in [1.807, 2.05) is 0 Å². The molecule has 7 heteroatoms. The Balaban J connectivity index is 2.55. The van der Waals surface area contributed by atoms with Gasteiger partial charge in [0.15, 0.2) is 31.9 Å². The molecular weight excluding hydrogens is 316 g/mol. The van der Waals surface area contributed by atoms with Gasteiger partial charge in [0.2, 0.25) is 0 Å². The van der Waals surface area contributed by atoms with Crippen LogP contribution in [0.15, 0.2) is 24.3 Å². The fourth-order valence-electron chi connectivity index (χ4n) is 2.75. The molecule has 114 valence electrons. The van der Waals surface area contributed by atoms with Crippen LogP contribution in [0.3, 0.4) is 0 Å². The second-order valence-electron chi connectivity index (χ2n) is 5.29. The molecule has 2 aliphatic rings. The number of Topliss-reactive ketones (excluding diaryl/α,β-unsaturated/α-hetero) is 3. The van der Waals surface area contributed by atoms with Crippen LogP contribution in [0.5, 0.6) is 0 Å². The lowest BCUT2D eigenvalue weighted by Crippen LogP contribution is -2.57. The summed E-state index contributed by atoms with van der Waals surface area (Å²) in [6.07, 6.45) is 6.97. The van der Waals surface area contributed by atoms with Crippen LogP contribution in [0.25, 0.3) is 0 Å². The number of alkyl halides is 1. The number of sulfone groups is 1. The zero-order valence-corrected chi connectivity index (χ0v) is 13.0. The molecule has 2 atom stereocenters. The second-order valence-corrected chi connectivity index (χ2v) is 7.98. The largest absolute Gasteiger partial charge is 0.298 e. The van der Waals surface area contributed by atoms with E-state index in [1.54, 1.807) is 0 Å². The van der Waals surface area contributed by atoms with Crippen LogP contribution >= 0.6 is 11.6 Å². The number of carbonyl (C=O) groups excluding carboxylic acids is 3. The molecule has 2 aliphatic carbocycles. The lowest BCUT2D eigenvalue weighted by Gasteiger charge is -2.34. The number of carbonyl (C=O) groups is 3. The van der Waals surface area contributed by atoms with Gasteiger partial charge in [-0.05, 0) is 6.42 Å². The Morgan fingerprint density at radius 2 is 1.81 bits per heavy atom. The van der Waals surface area contributed by atoms with E-state index in [0.29, 0.717) is 6.42 Å². The highest BCUT2D eigenvalue weighted by atomic mass is 35.5. The lowest BCUT2D eigenvalue weighted by atomic mass is 9.77. The van der Waals surface area contributed by atoms with Crippen molar-refractivity contribution in [1.29, 1.82) is 0 Å². The summed E-state index contributed by atoms with van der Waals surface area (Å²) in [6, 6.07) is 0. The molecule has 0 saturated heterocycles. The molecule has 0 aromatic carbocycles. The van der Waals surface area contributed by atoms with E-state index < -0.39 is 43.2 Å². The topological polar surface area (TPSA) is 85.3 Å². The highest BCUT2D eigenvalue weighted by Crippen LogP contribution is 2.36. The molecule has 1 saturated carbocycles. The SMILES string of the molecule is CS(=O)(=O)C1(C(=O)C2C(=O)CCCC2=O)C=CC=CC1Cl. The predicted molar refractivity (Wildman–Crippen MR) is 77.9 cm³/mol. The van der Waals surface area contributed by atoms with Gasteiger partial charge in [0.25, 0.3) is 0 Å². The third kappa shape index (κ3) is 2.51. The summed E-state index contributed by atoms with van der Waals surface area (Å²) in [5.41, 5.74) is 0. The first-order valence-electron chi connectivity index (χ1n) is 6.51. The quantitative estimate of drug-likeness (QED) is 0.569. The van der Waals surface area contributed by atoms with Gasteiger partial charge in [-0.15, -0.1) is 11.6 Å². The van der Waals surface area contributed by atoms with Gasteiger partial charge in [0.05, 0.1) is 5.38 Å². The fraction of sp³-hybridized carbons (Fsp3) is 0.500. The third-order valence-electron chi connectivity index (χ3n) is 3.90. The van der Waals surface area contributed by atoms with Crippen molar-refractivity contribution in [3.8, 4) is 0 Å². The Bertz CT molecular complexity index is 645. The summed E-state index contributed by atoms with van der Waals surface area (Å²) < 4.78 is 22.3. The van der Waals surface area contributed by atoms with E-state index in [-0.39, 0.29) is 12.8 Å². The molecule has 0 aromatic rings. The zero-order valence-electron chi connectivity index (χ0n) is 11.4. The highest BCUT2D eigenvalue weighted by Gasteiger charge is 2.56. The summed E-state index contributed by atoms with van der Waals surface area (Å²) in [7, 11) is -3.96. The molecule has 0 bridgehead atoms. The minimum atomic E-state index is -3.96. The van der Waals surface area contributed by atoms with Crippen molar-refractivity contribution in [3.63, 3.8) is 0 Å². The monoisotopic (exact) mass is 330 g/mol. The van der Waals surface area contributed by atoms with Crippen LogP contribution in [-0.4, -0.2) is 42.1 Å². The Morgan fingerprint density at radius 1 is 1.24 bits per heavy atom. The van der Waals surface area contributed by atoms with E-state index in [0.717, 1.165) is 6.26 Å². The van der Waals surface area contributed by atoms with Crippen LogP contribution in [0.4, 0.5) is 0 Å². The molecule has 21 heavy (non-hydrogen) atoms. The molecule has 2 rings (SSSR count). The predicted octanol–water partition coefficient (Wildman–Crippen LogP) is 1.01. The second kappa shape index (κ2) is 5.50. The van der Waals surface area contributed by atoms with Crippen molar-refractivity contribution in [2.24, 2.45) is 5.92 Å². The molecule has 0 spiro atoms. The number of halogens is 1. The standard InChI is InChI=1S/C14H15ClO5S/c1-21(19,20)14(8-3-2-7-11(14)15)13(18)12-9(16)5-4-6-10(12)17/h2-3,7-8,11-12H,4-6H2,1H3. The van der Waals surface area contributed by atoms with Gasteiger partial charge in [-0.25, -0.2) is 8.42 Å². The van der Waals surface area contributed by atoms with Crippen LogP contribution in [-0.2, 0) is 24.2 Å². The Labute approximate surface area is 128 Å². The molecule has 0 aliphatic heterocycles. The van der Waals surface area contributed by atoms with Gasteiger partial charge < -0.3 is 0 Å². The van der Waals surface area contributed by atoms with E-state index in [2.05, 4.69) is 0 Å². The molecule has 0 amide bonds. The molecule has 5 nitrogen and oxygen atoms in total. The van der Waals surface area contributed by atoms with E-state index in [4.69, 9.17) is 11.6 Å². The molecule has 0 N–H and O–H groups in total. The number of rotatable bonds is 3. The third-order valence-corrected chi connectivity index (χ3v) is 6.33. The minimum Gasteiger partial charge on any atom is -0.298 e. The maximum Gasteiger partial charge on any atom is 0.177 e. The number of hydrogen-bond donors (Lipinski definition) is 0. The average Bonchev–Trinajstić information content (AvgIpc) is 2.37. The van der Waals surface area contributed by atoms with Gasteiger partial charge in [-0.2, -0.15) is 0 Å². The van der Waals surface area contributed by atoms with Crippen LogP contribution in [0.2, 0.25) is 0 Å². The maximum atomic E-state index is 12.8. The smallest absolute Gasteiger partial charge is 0.177 e. The van der Waals surface area contributed by atoms with Crippen molar-refractivity contribution in [3.05, 3.63) is 24.3 Å². The van der Waals surface area contributed by atoms with Gasteiger partial charge >= 0.3 is 0 Å². The summed E-state index contributed by atoms with van der Waals surface area (Å²) in [6.45, 7) is 0. The Morgan fingerprint density at radius 3 is 2.29 bits per heavy atom. The number of ketones is 3. The highest BCUT2D eigenvalue weighted by molar-refractivity contribution is 7.93. The minimum absolute atomic E-state index is 0.106. The van der Waals surface area contributed by atoms with Crippen molar-refractivity contribution in [2.45, 2.75) is 29.4 Å². The van der Waals surface area contributed by atoms with Crippen molar-refractivity contribution in [1.82, 2.24) is 0 Å². The summed E-state index contributed by atoms with van der Waals surface area (Å²) in [5, 5.41) is -1.15. The normalized spacial score (nSPS) is 30.7. The Hall–Kier alpha value is -1.27. The van der Waals surface area contributed by atoms with E-state index in [1.165, 1.54) is 24.3 Å². The molecule has 1 fully saturated rings. The van der Waals surface area contributed by atoms with Gasteiger partial charge in [0.1, 0.15) is 5.92 Å². The molecule has 0 heterocycles. The molecular formula is C14H15ClO5S. The summed E-state index contributed by atoms with van der Waals surface area (Å²) in [4.78, 5) is 36.6. The zero-order chi connectivity index (χ0) is 15.8. The lowest BCUT2D eigenvalue weighted by molar-refractivity contribution is -0.142. The van der Waals surface area contributed by atoms with Crippen molar-refractivity contribution in [2.75, 3.05) is 6.26 Å². The van der Waals surface area contributed by atoms with Crippen LogP contribution in [0.1, 0.15) is 19.3 Å². The maximum absolute atomic E-state index is 12.8. The van der Waals surface area contributed by atoms with Crippen molar-refractivity contribution < 1.29 is 22.8 Å². The summed E-state index contributed by atoms with van der Waals surface area (Å²) >= 11 is 6.07. The van der Waals surface area contributed by atoms with Gasteiger partial charge in [-0.1, -0.05) is 24.3 Å². The first-order valence-corrected chi connectivity index (χ1v) is 8.84. The van der Waals surface area contributed by atoms with E-state index in [9.17, 15) is 22.8 Å². The van der Waals surface area contributed by atoms with Crippen molar-refractivity contribution >= 4 is 38.8 Å². The molecule has 2 unspecified atom stereocenters. The molecule has 0 radical (unpaired) electrons. The summed E-state index contributed by atoms with van der Waals surface area (Å²) in [5.74, 6) is -3.50. The Kier molecular flexibility index (Phi) is 4.22. The number of allylic oxidation sites excluding steroid dienone is 3. The first-order chi connectivity index (χ1) is 9.72. The number of hydrogen-bond acceptors (Lipinski definition) is 5. The first kappa shape index (κ1) is 16.1. The molecule has 0 aromatic heterocycles. The van der Waals surface area contributed by atoms with Crippen LogP contribution < -0.4 is 0 Å². The van der Waals surface area contributed by atoms with Gasteiger partial charge in [0, 0.05) is 19.1 Å². The van der Waals surface area contributed by atoms with Gasteiger partial charge in [-0.3, -0.25) is 14.4 Å². The van der Waals surface area contributed by atoms with Crippen LogP contribution in [0, 0.1) is 5.92 Å². The van der Waals surface area contributed by atoms with E-state index >= 15 is 0 Å². The average molecular weight is 331 g/mol.